The quantitative estimate of drug-likeness (QED) is 0.487. The first-order chi connectivity index (χ1) is 10.3. The maximum atomic E-state index is 4.34. The summed E-state index contributed by atoms with van der Waals surface area (Å²) >= 11 is 5.75. The summed E-state index contributed by atoms with van der Waals surface area (Å²) in [6.45, 7) is 0. The Morgan fingerprint density at radius 1 is 0.905 bits per heavy atom. The maximum Gasteiger partial charge on any atom is 0.190 e. The van der Waals surface area contributed by atoms with Gasteiger partial charge in [-0.15, -0.1) is 22.9 Å². The second-order valence-corrected chi connectivity index (χ2v) is 5.58. The summed E-state index contributed by atoms with van der Waals surface area (Å²) in [5.74, 6) is 0. The molecule has 0 aliphatic rings. The molecular weight excluding hydrogens is 300 g/mol. The summed E-state index contributed by atoms with van der Waals surface area (Å²) in [4.78, 5) is 4.34. The highest BCUT2D eigenvalue weighted by Crippen LogP contribution is 2.35. The van der Waals surface area contributed by atoms with Crippen LogP contribution in [0.2, 0.25) is 0 Å². The number of nitrogens with zero attached hydrogens (tertiary/aromatic N) is 3. The molecular formula is C15H12N4S2. The number of nitrogens with one attached hydrogen (secondary N) is 1. The van der Waals surface area contributed by atoms with Crippen LogP contribution in [0.25, 0.3) is 0 Å². The fraction of sp³-hybridized carbons (Fsp3) is 0. The summed E-state index contributed by atoms with van der Waals surface area (Å²) in [6.07, 6.45) is 0. The molecule has 3 aromatic rings. The van der Waals surface area contributed by atoms with E-state index in [-0.39, 0.29) is 0 Å². The number of para-hydroxylation sites is 1. The number of aromatic nitrogens is 1. The second-order valence-electron chi connectivity index (χ2n) is 4.17. The van der Waals surface area contributed by atoms with Crippen LogP contribution < -0.4 is 5.32 Å². The van der Waals surface area contributed by atoms with Gasteiger partial charge in [0.25, 0.3) is 0 Å². The molecule has 0 saturated carbocycles. The zero-order chi connectivity index (χ0) is 14.5. The van der Waals surface area contributed by atoms with Crippen LogP contribution in [0.3, 0.4) is 0 Å². The van der Waals surface area contributed by atoms with Crippen molar-refractivity contribution < 1.29 is 0 Å². The summed E-state index contributed by atoms with van der Waals surface area (Å²) in [5.41, 5.74) is 1.78. The topological polar surface area (TPSA) is 49.6 Å². The van der Waals surface area contributed by atoms with Crippen molar-refractivity contribution in [2.24, 2.45) is 10.2 Å². The summed E-state index contributed by atoms with van der Waals surface area (Å²) < 4.78 is 0. The van der Waals surface area contributed by atoms with Gasteiger partial charge in [0, 0.05) is 5.69 Å². The summed E-state index contributed by atoms with van der Waals surface area (Å²) in [5, 5.41) is 13.6. The lowest BCUT2D eigenvalue weighted by Crippen LogP contribution is -1.87. The molecule has 6 heteroatoms. The van der Waals surface area contributed by atoms with Gasteiger partial charge in [0.2, 0.25) is 0 Å². The van der Waals surface area contributed by atoms with Crippen molar-refractivity contribution in [3.63, 3.8) is 0 Å². The minimum atomic E-state index is 0.568. The molecule has 0 aliphatic heterocycles. The first-order valence-corrected chi connectivity index (χ1v) is 7.56. The molecule has 2 aromatic carbocycles. The van der Waals surface area contributed by atoms with E-state index in [1.807, 2.05) is 60.7 Å². The van der Waals surface area contributed by atoms with Crippen LogP contribution >= 0.6 is 24.0 Å². The molecule has 104 valence electrons. The fourth-order valence-electron chi connectivity index (χ4n) is 1.67. The zero-order valence-corrected chi connectivity index (χ0v) is 12.7. The van der Waals surface area contributed by atoms with Crippen molar-refractivity contribution in [2.75, 3.05) is 5.32 Å². The van der Waals surface area contributed by atoms with E-state index in [0.717, 1.165) is 16.5 Å². The van der Waals surface area contributed by atoms with Gasteiger partial charge in [-0.3, -0.25) is 0 Å². The molecule has 1 heterocycles. The third-order valence-electron chi connectivity index (χ3n) is 2.63. The molecule has 0 saturated heterocycles. The molecule has 0 amide bonds. The first-order valence-electron chi connectivity index (χ1n) is 6.30. The van der Waals surface area contributed by atoms with Crippen LogP contribution in [-0.2, 0) is 0 Å². The van der Waals surface area contributed by atoms with Gasteiger partial charge in [-0.25, -0.2) is 4.98 Å². The SMILES string of the molecule is Sc1nc(Nc2ccccc2)sc1N=Nc1ccccc1. The van der Waals surface area contributed by atoms with Gasteiger partial charge in [0.05, 0.1) is 5.69 Å². The van der Waals surface area contributed by atoms with Crippen LogP contribution in [0.15, 0.2) is 75.9 Å². The lowest BCUT2D eigenvalue weighted by molar-refractivity contribution is 1.15. The van der Waals surface area contributed by atoms with E-state index in [4.69, 9.17) is 0 Å². The molecule has 1 N–H and O–H groups in total. The zero-order valence-electron chi connectivity index (χ0n) is 11.0. The van der Waals surface area contributed by atoms with E-state index in [0.29, 0.717) is 10.0 Å². The molecule has 0 unspecified atom stereocenters. The highest BCUT2D eigenvalue weighted by Gasteiger charge is 2.07. The molecule has 3 rings (SSSR count). The highest BCUT2D eigenvalue weighted by molar-refractivity contribution is 7.80. The number of benzene rings is 2. The number of thiol groups is 1. The Hall–Kier alpha value is -2.18. The van der Waals surface area contributed by atoms with E-state index in [9.17, 15) is 0 Å². The first kappa shape index (κ1) is 13.8. The number of anilines is 2. The molecule has 0 radical (unpaired) electrons. The Labute approximate surface area is 132 Å². The molecule has 0 aliphatic carbocycles. The smallest absolute Gasteiger partial charge is 0.190 e. The van der Waals surface area contributed by atoms with Gasteiger partial charge >= 0.3 is 0 Å². The number of rotatable bonds is 4. The number of hydrogen-bond donors (Lipinski definition) is 2. The number of thiazole rings is 1. The Kier molecular flexibility index (Phi) is 4.28. The third-order valence-corrected chi connectivity index (χ3v) is 3.95. The van der Waals surface area contributed by atoms with Crippen LogP contribution in [0.1, 0.15) is 0 Å². The lowest BCUT2D eigenvalue weighted by Gasteiger charge is -1.99. The summed E-state index contributed by atoms with van der Waals surface area (Å²) in [6, 6.07) is 19.4. The second kappa shape index (κ2) is 6.51. The Bertz CT molecular complexity index is 739. The van der Waals surface area contributed by atoms with E-state index < -0.39 is 0 Å². The van der Waals surface area contributed by atoms with Gasteiger partial charge in [-0.1, -0.05) is 47.7 Å². The van der Waals surface area contributed by atoms with E-state index in [2.05, 4.69) is 33.2 Å². The largest absolute Gasteiger partial charge is 0.331 e. The fourth-order valence-corrected chi connectivity index (χ4v) is 2.72. The normalized spacial score (nSPS) is 10.9. The van der Waals surface area contributed by atoms with Gasteiger partial charge in [-0.2, -0.15) is 0 Å². The standard InChI is InChI=1S/C15H12N4S2/c20-13-14(19-18-12-9-5-2-6-10-12)21-15(17-13)16-11-7-3-1-4-8-11/h1-10,20H,(H,16,17). The van der Waals surface area contributed by atoms with Crippen LogP contribution in [0.5, 0.6) is 0 Å². The van der Waals surface area contributed by atoms with E-state index in [1.54, 1.807) is 0 Å². The average molecular weight is 312 g/mol. The molecule has 4 nitrogen and oxygen atoms in total. The molecule has 0 bridgehead atoms. The minimum Gasteiger partial charge on any atom is -0.331 e. The van der Waals surface area contributed by atoms with Crippen LogP contribution in [0.4, 0.5) is 21.5 Å². The van der Waals surface area contributed by atoms with Crippen molar-refractivity contribution in [2.45, 2.75) is 5.03 Å². The van der Waals surface area contributed by atoms with Crippen molar-refractivity contribution in [1.29, 1.82) is 0 Å². The Morgan fingerprint density at radius 3 is 2.29 bits per heavy atom. The van der Waals surface area contributed by atoms with E-state index >= 15 is 0 Å². The predicted octanol–water partition coefficient (Wildman–Crippen LogP) is 5.59. The minimum absolute atomic E-state index is 0.568. The summed E-state index contributed by atoms with van der Waals surface area (Å²) in [7, 11) is 0. The molecule has 21 heavy (non-hydrogen) atoms. The van der Waals surface area contributed by atoms with Gasteiger partial charge < -0.3 is 5.32 Å². The molecule has 0 fully saturated rings. The Balaban J connectivity index is 1.77. The average Bonchev–Trinajstić information content (AvgIpc) is 2.87. The Morgan fingerprint density at radius 2 is 1.57 bits per heavy atom. The number of azo groups is 1. The number of hydrogen-bond acceptors (Lipinski definition) is 6. The van der Waals surface area contributed by atoms with Crippen molar-refractivity contribution in [3.8, 4) is 0 Å². The molecule has 0 spiro atoms. The highest BCUT2D eigenvalue weighted by atomic mass is 32.1. The van der Waals surface area contributed by atoms with Crippen molar-refractivity contribution in [3.05, 3.63) is 60.7 Å². The van der Waals surface area contributed by atoms with Gasteiger partial charge in [0.15, 0.2) is 10.1 Å². The molecule has 1 aromatic heterocycles. The predicted molar refractivity (Wildman–Crippen MR) is 89.7 cm³/mol. The van der Waals surface area contributed by atoms with Crippen molar-refractivity contribution >= 4 is 45.5 Å². The van der Waals surface area contributed by atoms with E-state index in [1.165, 1.54) is 11.3 Å². The van der Waals surface area contributed by atoms with Crippen LogP contribution in [-0.4, -0.2) is 4.98 Å². The monoisotopic (exact) mass is 312 g/mol. The van der Waals surface area contributed by atoms with Gasteiger partial charge in [0.1, 0.15) is 5.03 Å². The van der Waals surface area contributed by atoms with Gasteiger partial charge in [-0.05, 0) is 24.3 Å². The van der Waals surface area contributed by atoms with Crippen molar-refractivity contribution in [1.82, 2.24) is 4.98 Å². The maximum absolute atomic E-state index is 4.34. The van der Waals surface area contributed by atoms with Crippen LogP contribution in [0, 0.1) is 0 Å². The third kappa shape index (κ3) is 3.68. The lowest BCUT2D eigenvalue weighted by atomic mass is 10.3. The molecule has 0 atom stereocenters.